The Kier molecular flexibility index (Phi) is 6.30. The van der Waals surface area contributed by atoms with Crippen LogP contribution in [-0.2, 0) is 22.1 Å². The maximum absolute atomic E-state index is 11.2. The zero-order valence-electron chi connectivity index (χ0n) is 9.86. The molecular weight excluding hydrogens is 222 g/mol. The molecule has 1 atom stereocenters. The summed E-state index contributed by atoms with van der Waals surface area (Å²) in [5.74, 6) is 0. The molecule has 0 amide bonds. The molecule has 16 heavy (non-hydrogen) atoms. The SMILES string of the molecule is CCOCCNCc1ccc(S(C)=O)cc1. The minimum absolute atomic E-state index is 0.744. The van der Waals surface area contributed by atoms with Crippen molar-refractivity contribution in [3.63, 3.8) is 0 Å². The fourth-order valence-corrected chi connectivity index (χ4v) is 1.84. The van der Waals surface area contributed by atoms with Gasteiger partial charge in [-0.3, -0.25) is 4.21 Å². The lowest BCUT2D eigenvalue weighted by atomic mass is 10.2. The third-order valence-corrected chi connectivity index (χ3v) is 3.15. The molecule has 1 aromatic rings. The zero-order valence-corrected chi connectivity index (χ0v) is 10.7. The molecule has 0 radical (unpaired) electrons. The summed E-state index contributed by atoms with van der Waals surface area (Å²) in [6, 6.07) is 7.83. The molecule has 0 aromatic heterocycles. The predicted molar refractivity (Wildman–Crippen MR) is 67.0 cm³/mol. The topological polar surface area (TPSA) is 38.3 Å². The molecule has 0 aliphatic rings. The molecule has 0 saturated carbocycles. The molecule has 1 aromatic carbocycles. The summed E-state index contributed by atoms with van der Waals surface area (Å²) in [5.41, 5.74) is 1.20. The molecule has 3 nitrogen and oxygen atoms in total. The second kappa shape index (κ2) is 7.54. The van der Waals surface area contributed by atoms with Crippen molar-refractivity contribution in [1.29, 1.82) is 0 Å². The second-order valence-electron chi connectivity index (χ2n) is 3.47. The van der Waals surface area contributed by atoms with Crippen molar-refractivity contribution >= 4 is 10.8 Å². The number of ether oxygens (including phenoxy) is 1. The summed E-state index contributed by atoms with van der Waals surface area (Å²) in [4.78, 5) is 0.873. The Morgan fingerprint density at radius 2 is 2.00 bits per heavy atom. The summed E-state index contributed by atoms with van der Waals surface area (Å²) in [5, 5.41) is 3.28. The van der Waals surface area contributed by atoms with Gasteiger partial charge in [0.25, 0.3) is 0 Å². The predicted octanol–water partition coefficient (Wildman–Crippen LogP) is 1.55. The Morgan fingerprint density at radius 3 is 2.56 bits per heavy atom. The smallest absolute Gasteiger partial charge is 0.0590 e. The minimum Gasteiger partial charge on any atom is -0.380 e. The first-order valence-electron chi connectivity index (χ1n) is 5.45. The highest BCUT2D eigenvalue weighted by atomic mass is 32.2. The van der Waals surface area contributed by atoms with E-state index in [4.69, 9.17) is 4.74 Å². The lowest BCUT2D eigenvalue weighted by Gasteiger charge is -2.05. The van der Waals surface area contributed by atoms with Gasteiger partial charge >= 0.3 is 0 Å². The fourth-order valence-electron chi connectivity index (χ4n) is 1.32. The highest BCUT2D eigenvalue weighted by molar-refractivity contribution is 7.84. The van der Waals surface area contributed by atoms with Crippen LogP contribution in [0.1, 0.15) is 12.5 Å². The second-order valence-corrected chi connectivity index (χ2v) is 4.85. The number of rotatable bonds is 7. The Morgan fingerprint density at radius 1 is 1.31 bits per heavy atom. The van der Waals surface area contributed by atoms with E-state index >= 15 is 0 Å². The maximum atomic E-state index is 11.2. The molecule has 90 valence electrons. The van der Waals surface area contributed by atoms with Gasteiger partial charge in [0.05, 0.1) is 6.61 Å². The summed E-state index contributed by atoms with van der Waals surface area (Å²) in [6.07, 6.45) is 1.69. The van der Waals surface area contributed by atoms with Crippen LogP contribution in [0.5, 0.6) is 0 Å². The van der Waals surface area contributed by atoms with E-state index in [1.54, 1.807) is 6.26 Å². The standard InChI is InChI=1S/C12H19NO2S/c1-3-15-9-8-13-10-11-4-6-12(7-5-11)16(2)14/h4-7,13H,3,8-10H2,1-2H3. The summed E-state index contributed by atoms with van der Waals surface area (Å²) >= 11 is 0. The van der Waals surface area contributed by atoms with Crippen LogP contribution in [0.15, 0.2) is 29.2 Å². The van der Waals surface area contributed by atoms with Crippen molar-refractivity contribution < 1.29 is 8.95 Å². The van der Waals surface area contributed by atoms with Crippen LogP contribution in [0.25, 0.3) is 0 Å². The first kappa shape index (κ1) is 13.4. The number of benzene rings is 1. The summed E-state index contributed by atoms with van der Waals surface area (Å²) in [7, 11) is -0.888. The van der Waals surface area contributed by atoms with Crippen LogP contribution in [-0.4, -0.2) is 30.2 Å². The molecule has 1 rings (SSSR count). The van der Waals surface area contributed by atoms with Gasteiger partial charge in [0, 0.05) is 41.6 Å². The van der Waals surface area contributed by atoms with E-state index in [9.17, 15) is 4.21 Å². The maximum Gasteiger partial charge on any atom is 0.0590 e. The number of hydrogen-bond donors (Lipinski definition) is 1. The highest BCUT2D eigenvalue weighted by Crippen LogP contribution is 2.07. The molecule has 4 heteroatoms. The van der Waals surface area contributed by atoms with Gasteiger partial charge in [-0.15, -0.1) is 0 Å². The molecule has 0 spiro atoms. The van der Waals surface area contributed by atoms with Gasteiger partial charge in [-0.2, -0.15) is 0 Å². The molecular formula is C12H19NO2S. The van der Waals surface area contributed by atoms with Crippen LogP contribution >= 0.6 is 0 Å². The Balaban J connectivity index is 2.29. The molecule has 1 unspecified atom stereocenters. The van der Waals surface area contributed by atoms with Crippen LogP contribution < -0.4 is 5.32 Å². The Hall–Kier alpha value is -0.710. The van der Waals surface area contributed by atoms with Crippen molar-refractivity contribution in [3.8, 4) is 0 Å². The average Bonchev–Trinajstić information content (AvgIpc) is 2.29. The van der Waals surface area contributed by atoms with Crippen molar-refractivity contribution in [3.05, 3.63) is 29.8 Å². The third-order valence-electron chi connectivity index (χ3n) is 2.21. The Bertz CT molecular complexity index is 324. The van der Waals surface area contributed by atoms with Crippen molar-refractivity contribution in [1.82, 2.24) is 5.32 Å². The zero-order chi connectivity index (χ0) is 11.8. The highest BCUT2D eigenvalue weighted by Gasteiger charge is 1.97. The van der Waals surface area contributed by atoms with Crippen LogP contribution in [0.3, 0.4) is 0 Å². The first-order valence-corrected chi connectivity index (χ1v) is 7.00. The Labute approximate surface area is 99.7 Å². The van der Waals surface area contributed by atoms with Crippen LogP contribution in [0.4, 0.5) is 0 Å². The fraction of sp³-hybridized carbons (Fsp3) is 0.500. The molecule has 0 heterocycles. The van der Waals surface area contributed by atoms with E-state index in [0.29, 0.717) is 0 Å². The number of hydrogen-bond acceptors (Lipinski definition) is 3. The van der Waals surface area contributed by atoms with E-state index in [1.807, 2.05) is 31.2 Å². The van der Waals surface area contributed by atoms with Gasteiger partial charge in [0.1, 0.15) is 0 Å². The van der Waals surface area contributed by atoms with Gasteiger partial charge in [-0.05, 0) is 24.6 Å². The quantitative estimate of drug-likeness (QED) is 0.736. The normalized spacial score (nSPS) is 12.6. The minimum atomic E-state index is -0.888. The molecule has 0 bridgehead atoms. The van der Waals surface area contributed by atoms with Crippen molar-refractivity contribution in [2.45, 2.75) is 18.4 Å². The summed E-state index contributed by atoms with van der Waals surface area (Å²) < 4.78 is 16.4. The molecule has 0 saturated heterocycles. The largest absolute Gasteiger partial charge is 0.380 e. The van der Waals surface area contributed by atoms with E-state index in [0.717, 1.165) is 31.2 Å². The monoisotopic (exact) mass is 241 g/mol. The molecule has 0 aliphatic heterocycles. The molecule has 1 N–H and O–H groups in total. The molecule has 0 aliphatic carbocycles. The number of nitrogens with one attached hydrogen (secondary N) is 1. The van der Waals surface area contributed by atoms with E-state index in [2.05, 4.69) is 5.32 Å². The molecule has 0 fully saturated rings. The average molecular weight is 241 g/mol. The van der Waals surface area contributed by atoms with Gasteiger partial charge in [-0.25, -0.2) is 0 Å². The first-order chi connectivity index (χ1) is 7.74. The van der Waals surface area contributed by atoms with Gasteiger partial charge in [-0.1, -0.05) is 12.1 Å². The lowest BCUT2D eigenvalue weighted by Crippen LogP contribution is -2.19. The van der Waals surface area contributed by atoms with Gasteiger partial charge in [0.15, 0.2) is 0 Å². The van der Waals surface area contributed by atoms with Gasteiger partial charge < -0.3 is 10.1 Å². The van der Waals surface area contributed by atoms with E-state index in [1.165, 1.54) is 5.56 Å². The van der Waals surface area contributed by atoms with Crippen LogP contribution in [0, 0.1) is 0 Å². The van der Waals surface area contributed by atoms with Crippen molar-refractivity contribution in [2.24, 2.45) is 0 Å². The van der Waals surface area contributed by atoms with Crippen molar-refractivity contribution in [2.75, 3.05) is 26.0 Å². The third kappa shape index (κ3) is 4.88. The van der Waals surface area contributed by atoms with E-state index < -0.39 is 10.8 Å². The lowest BCUT2D eigenvalue weighted by molar-refractivity contribution is 0.149. The van der Waals surface area contributed by atoms with Crippen LogP contribution in [0.2, 0.25) is 0 Å². The summed E-state index contributed by atoms with van der Waals surface area (Å²) in [6.45, 7) is 5.18. The van der Waals surface area contributed by atoms with E-state index in [-0.39, 0.29) is 0 Å². The van der Waals surface area contributed by atoms with Gasteiger partial charge in [0.2, 0.25) is 0 Å².